The Kier molecular flexibility index (Phi) is 4.56. The van der Waals surface area contributed by atoms with Crippen molar-refractivity contribution < 1.29 is 9.53 Å². The lowest BCUT2D eigenvalue weighted by Gasteiger charge is -2.10. The molecule has 2 aromatic rings. The smallest absolute Gasteiger partial charge is 0.309 e. The summed E-state index contributed by atoms with van der Waals surface area (Å²) in [5.41, 5.74) is 3.17. The monoisotopic (exact) mass is 255 g/mol. The first-order valence-corrected chi connectivity index (χ1v) is 6.22. The van der Waals surface area contributed by atoms with Gasteiger partial charge in [-0.15, -0.1) is 0 Å². The van der Waals surface area contributed by atoms with Crippen LogP contribution in [0, 0.1) is 0 Å². The molecule has 98 valence electrons. The molecule has 0 spiro atoms. The van der Waals surface area contributed by atoms with E-state index in [1.54, 1.807) is 0 Å². The van der Waals surface area contributed by atoms with Crippen LogP contribution in [0.2, 0.25) is 0 Å². The first-order chi connectivity index (χ1) is 9.29. The van der Waals surface area contributed by atoms with Gasteiger partial charge in [-0.25, -0.2) is 0 Å². The molecular weight excluding hydrogens is 238 g/mol. The Labute approximate surface area is 113 Å². The topological polar surface area (TPSA) is 38.3 Å². The lowest BCUT2D eigenvalue weighted by Crippen LogP contribution is -2.09. The number of hydrogen-bond acceptors (Lipinski definition) is 3. The third kappa shape index (κ3) is 3.85. The highest BCUT2D eigenvalue weighted by Crippen LogP contribution is 2.13. The molecular formula is C16H17NO2. The summed E-state index contributed by atoms with van der Waals surface area (Å²) in [6.45, 7) is 0.692. The molecule has 0 aliphatic heterocycles. The molecule has 0 heterocycles. The Bertz CT molecular complexity index is 537. The predicted molar refractivity (Wildman–Crippen MR) is 75.9 cm³/mol. The standard InChI is InChI=1S/C16H17NO2/c1-19-16(18)11-13-7-5-6-8-14(13)12-17-15-9-3-2-4-10-15/h2-10,17H,11-12H2,1H3. The molecule has 0 aromatic heterocycles. The first kappa shape index (κ1) is 13.1. The van der Waals surface area contributed by atoms with Crippen LogP contribution < -0.4 is 5.32 Å². The Morgan fingerprint density at radius 1 is 1.00 bits per heavy atom. The highest BCUT2D eigenvalue weighted by Gasteiger charge is 2.07. The van der Waals surface area contributed by atoms with Gasteiger partial charge >= 0.3 is 5.97 Å². The minimum absolute atomic E-state index is 0.216. The van der Waals surface area contributed by atoms with Gasteiger partial charge in [0.05, 0.1) is 13.5 Å². The van der Waals surface area contributed by atoms with E-state index in [0.717, 1.165) is 16.8 Å². The van der Waals surface area contributed by atoms with Crippen molar-refractivity contribution in [3.8, 4) is 0 Å². The highest BCUT2D eigenvalue weighted by atomic mass is 16.5. The molecule has 2 rings (SSSR count). The molecule has 0 saturated carbocycles. The van der Waals surface area contributed by atoms with Crippen LogP contribution in [0.15, 0.2) is 54.6 Å². The van der Waals surface area contributed by atoms with Crippen LogP contribution >= 0.6 is 0 Å². The molecule has 0 unspecified atom stereocenters. The second-order valence-corrected chi connectivity index (χ2v) is 4.24. The van der Waals surface area contributed by atoms with E-state index in [-0.39, 0.29) is 5.97 Å². The minimum Gasteiger partial charge on any atom is -0.469 e. The van der Waals surface area contributed by atoms with E-state index in [1.807, 2.05) is 54.6 Å². The zero-order chi connectivity index (χ0) is 13.5. The third-order valence-corrected chi connectivity index (χ3v) is 2.94. The minimum atomic E-state index is -0.216. The van der Waals surface area contributed by atoms with Crippen molar-refractivity contribution in [3.05, 3.63) is 65.7 Å². The van der Waals surface area contributed by atoms with E-state index in [2.05, 4.69) is 5.32 Å². The number of rotatable bonds is 5. The number of methoxy groups -OCH3 is 1. The van der Waals surface area contributed by atoms with Crippen LogP contribution in [0.25, 0.3) is 0 Å². The van der Waals surface area contributed by atoms with Crippen molar-refractivity contribution in [2.24, 2.45) is 0 Å². The number of carbonyl (C=O) groups is 1. The van der Waals surface area contributed by atoms with Gasteiger partial charge in [-0.1, -0.05) is 42.5 Å². The third-order valence-electron chi connectivity index (χ3n) is 2.94. The van der Waals surface area contributed by atoms with E-state index in [1.165, 1.54) is 7.11 Å². The van der Waals surface area contributed by atoms with Crippen LogP contribution in [0.1, 0.15) is 11.1 Å². The van der Waals surface area contributed by atoms with Crippen molar-refractivity contribution in [1.29, 1.82) is 0 Å². The molecule has 0 aliphatic carbocycles. The molecule has 0 fully saturated rings. The van der Waals surface area contributed by atoms with E-state index < -0.39 is 0 Å². The maximum Gasteiger partial charge on any atom is 0.309 e. The average molecular weight is 255 g/mol. The summed E-state index contributed by atoms with van der Waals surface area (Å²) in [6.07, 6.45) is 0.309. The molecule has 0 radical (unpaired) electrons. The molecule has 0 aliphatic rings. The van der Waals surface area contributed by atoms with Gasteiger partial charge in [-0.05, 0) is 23.3 Å². The van der Waals surface area contributed by atoms with Gasteiger partial charge in [-0.3, -0.25) is 4.79 Å². The number of anilines is 1. The molecule has 0 saturated heterocycles. The summed E-state index contributed by atoms with van der Waals surface area (Å²) >= 11 is 0. The molecule has 0 atom stereocenters. The quantitative estimate of drug-likeness (QED) is 0.835. The maximum absolute atomic E-state index is 11.4. The average Bonchev–Trinajstić information content (AvgIpc) is 2.47. The predicted octanol–water partition coefficient (Wildman–Crippen LogP) is 3.01. The summed E-state index contributed by atoms with van der Waals surface area (Å²) < 4.78 is 4.71. The van der Waals surface area contributed by atoms with E-state index in [9.17, 15) is 4.79 Å². The van der Waals surface area contributed by atoms with Crippen LogP contribution in [0.4, 0.5) is 5.69 Å². The number of nitrogens with one attached hydrogen (secondary N) is 1. The fourth-order valence-corrected chi connectivity index (χ4v) is 1.88. The second-order valence-electron chi connectivity index (χ2n) is 4.24. The largest absolute Gasteiger partial charge is 0.469 e. The van der Waals surface area contributed by atoms with Gasteiger partial charge in [0, 0.05) is 12.2 Å². The van der Waals surface area contributed by atoms with Gasteiger partial charge in [0.25, 0.3) is 0 Å². The summed E-state index contributed by atoms with van der Waals surface area (Å²) in [6, 6.07) is 17.9. The summed E-state index contributed by atoms with van der Waals surface area (Å²) in [5.74, 6) is -0.216. The SMILES string of the molecule is COC(=O)Cc1ccccc1CNc1ccccc1. The number of carbonyl (C=O) groups excluding carboxylic acids is 1. The fraction of sp³-hybridized carbons (Fsp3) is 0.188. The van der Waals surface area contributed by atoms with E-state index in [4.69, 9.17) is 4.74 Å². The number of benzene rings is 2. The number of ether oxygens (including phenoxy) is 1. The normalized spacial score (nSPS) is 9.95. The van der Waals surface area contributed by atoms with Crippen LogP contribution in [0.3, 0.4) is 0 Å². The van der Waals surface area contributed by atoms with Gasteiger partial charge in [0.15, 0.2) is 0 Å². The zero-order valence-electron chi connectivity index (χ0n) is 10.9. The fourth-order valence-electron chi connectivity index (χ4n) is 1.88. The van der Waals surface area contributed by atoms with E-state index >= 15 is 0 Å². The van der Waals surface area contributed by atoms with Crippen molar-refractivity contribution in [1.82, 2.24) is 0 Å². The Morgan fingerprint density at radius 3 is 2.32 bits per heavy atom. The maximum atomic E-state index is 11.4. The van der Waals surface area contributed by atoms with Crippen molar-refractivity contribution >= 4 is 11.7 Å². The molecule has 0 bridgehead atoms. The highest BCUT2D eigenvalue weighted by molar-refractivity contribution is 5.72. The van der Waals surface area contributed by atoms with Crippen LogP contribution in [-0.4, -0.2) is 13.1 Å². The molecule has 3 nitrogen and oxygen atoms in total. The van der Waals surface area contributed by atoms with Crippen LogP contribution in [0.5, 0.6) is 0 Å². The van der Waals surface area contributed by atoms with Crippen molar-refractivity contribution in [2.45, 2.75) is 13.0 Å². The van der Waals surface area contributed by atoms with Gasteiger partial charge in [-0.2, -0.15) is 0 Å². The molecule has 2 aromatic carbocycles. The summed E-state index contributed by atoms with van der Waals surface area (Å²) in [4.78, 5) is 11.4. The lowest BCUT2D eigenvalue weighted by molar-refractivity contribution is -0.139. The Morgan fingerprint density at radius 2 is 1.63 bits per heavy atom. The molecule has 1 N–H and O–H groups in total. The summed E-state index contributed by atoms with van der Waals surface area (Å²) in [5, 5.41) is 3.34. The molecule has 19 heavy (non-hydrogen) atoms. The van der Waals surface area contributed by atoms with Crippen molar-refractivity contribution in [3.63, 3.8) is 0 Å². The molecule has 3 heteroatoms. The second kappa shape index (κ2) is 6.59. The lowest BCUT2D eigenvalue weighted by atomic mass is 10.0. The number of para-hydroxylation sites is 1. The van der Waals surface area contributed by atoms with Crippen LogP contribution in [-0.2, 0) is 22.5 Å². The summed E-state index contributed by atoms with van der Waals surface area (Å²) in [7, 11) is 1.41. The van der Waals surface area contributed by atoms with Gasteiger partial charge in [0.1, 0.15) is 0 Å². The van der Waals surface area contributed by atoms with Gasteiger partial charge in [0.2, 0.25) is 0 Å². The van der Waals surface area contributed by atoms with Gasteiger partial charge < -0.3 is 10.1 Å². The Hall–Kier alpha value is -2.29. The zero-order valence-corrected chi connectivity index (χ0v) is 10.9. The van der Waals surface area contributed by atoms with E-state index in [0.29, 0.717) is 13.0 Å². The van der Waals surface area contributed by atoms with Crippen molar-refractivity contribution in [2.75, 3.05) is 12.4 Å². The number of hydrogen-bond donors (Lipinski definition) is 1. The first-order valence-electron chi connectivity index (χ1n) is 6.22. The Balaban J connectivity index is 2.05. The molecule has 0 amide bonds. The number of esters is 1.